The van der Waals surface area contributed by atoms with Crippen LogP contribution in [0.15, 0.2) is 30.3 Å². The zero-order valence-corrected chi connectivity index (χ0v) is 13.5. The van der Waals surface area contributed by atoms with Crippen LogP contribution >= 0.6 is 38.4 Å². The molecule has 16 heavy (non-hydrogen) atoms. The normalized spacial score (nSPS) is 11.6. The van der Waals surface area contributed by atoms with Crippen molar-refractivity contribution in [3.8, 4) is 0 Å². The standard InChI is InChI=1S/C10H13Br2O2PS/c11-6-8-13-15(16,14-9-7-12)10-4-2-1-3-5-10/h1-5H,6-9H2. The van der Waals surface area contributed by atoms with Gasteiger partial charge in [-0.1, -0.05) is 50.1 Å². The number of halogens is 2. The Bertz CT molecular complexity index is 336. The van der Waals surface area contributed by atoms with E-state index < -0.39 is 6.49 Å². The second kappa shape index (κ2) is 7.96. The predicted molar refractivity (Wildman–Crippen MR) is 79.9 cm³/mol. The lowest BCUT2D eigenvalue weighted by Crippen LogP contribution is -2.11. The summed E-state index contributed by atoms with van der Waals surface area (Å²) < 4.78 is 11.4. The molecule has 0 aliphatic heterocycles. The molecule has 6 heteroatoms. The van der Waals surface area contributed by atoms with Gasteiger partial charge in [-0.3, -0.25) is 0 Å². The minimum Gasteiger partial charge on any atom is -0.325 e. The second-order valence-corrected chi connectivity index (χ2v) is 7.93. The molecule has 0 saturated carbocycles. The molecule has 0 fully saturated rings. The van der Waals surface area contributed by atoms with Crippen molar-refractivity contribution in [3.63, 3.8) is 0 Å². The van der Waals surface area contributed by atoms with Crippen LogP contribution in [0.1, 0.15) is 0 Å². The molecule has 0 heterocycles. The lowest BCUT2D eigenvalue weighted by atomic mass is 10.4. The zero-order chi connectivity index (χ0) is 11.9. The van der Waals surface area contributed by atoms with Gasteiger partial charge in [0.25, 0.3) is 0 Å². The van der Waals surface area contributed by atoms with Crippen molar-refractivity contribution < 1.29 is 9.05 Å². The fourth-order valence-corrected chi connectivity index (χ4v) is 4.32. The predicted octanol–water partition coefficient (Wildman–Crippen LogP) is 3.44. The molecule has 90 valence electrons. The molecule has 1 rings (SSSR count). The van der Waals surface area contributed by atoms with Crippen LogP contribution in [0.25, 0.3) is 0 Å². The summed E-state index contributed by atoms with van der Waals surface area (Å²) in [7, 11) is 0. The first-order valence-corrected chi connectivity index (χ1v) is 9.67. The van der Waals surface area contributed by atoms with Crippen LogP contribution in [-0.2, 0) is 20.9 Å². The van der Waals surface area contributed by atoms with Crippen molar-refractivity contribution >= 4 is 55.5 Å². The highest BCUT2D eigenvalue weighted by Gasteiger charge is 2.21. The van der Waals surface area contributed by atoms with Crippen molar-refractivity contribution in [2.24, 2.45) is 0 Å². The van der Waals surface area contributed by atoms with E-state index in [0.29, 0.717) is 13.2 Å². The van der Waals surface area contributed by atoms with Crippen LogP contribution in [0.4, 0.5) is 0 Å². The Morgan fingerprint density at radius 1 is 1.00 bits per heavy atom. The van der Waals surface area contributed by atoms with E-state index >= 15 is 0 Å². The molecule has 1 aromatic carbocycles. The summed E-state index contributed by atoms with van der Waals surface area (Å²) in [5.41, 5.74) is 0. The first-order chi connectivity index (χ1) is 7.73. The Morgan fingerprint density at radius 3 is 1.94 bits per heavy atom. The molecule has 0 aromatic heterocycles. The summed E-state index contributed by atoms with van der Waals surface area (Å²) in [6.07, 6.45) is 0. The Hall–Kier alpha value is 0.750. The summed E-state index contributed by atoms with van der Waals surface area (Å²) in [6, 6.07) is 9.78. The maximum absolute atomic E-state index is 5.70. The van der Waals surface area contributed by atoms with Gasteiger partial charge in [0.2, 0.25) is 6.49 Å². The molecular formula is C10H13Br2O2PS. The number of hydrogen-bond donors (Lipinski definition) is 0. The van der Waals surface area contributed by atoms with Crippen molar-refractivity contribution in [3.05, 3.63) is 30.3 Å². The van der Waals surface area contributed by atoms with E-state index in [2.05, 4.69) is 31.9 Å². The molecule has 0 atom stereocenters. The summed E-state index contributed by atoms with van der Waals surface area (Å²) in [5.74, 6) is 0. The van der Waals surface area contributed by atoms with Gasteiger partial charge >= 0.3 is 0 Å². The van der Waals surface area contributed by atoms with E-state index in [4.69, 9.17) is 20.9 Å². The molecule has 0 unspecified atom stereocenters. The van der Waals surface area contributed by atoms with Crippen molar-refractivity contribution in [1.82, 2.24) is 0 Å². The zero-order valence-electron chi connectivity index (χ0n) is 8.64. The highest BCUT2D eigenvalue weighted by Crippen LogP contribution is 2.47. The van der Waals surface area contributed by atoms with E-state index in [9.17, 15) is 0 Å². The monoisotopic (exact) mass is 386 g/mol. The molecule has 0 aliphatic rings. The van der Waals surface area contributed by atoms with Crippen LogP contribution < -0.4 is 5.30 Å². The quantitative estimate of drug-likeness (QED) is 0.527. The van der Waals surface area contributed by atoms with Crippen LogP contribution in [0.5, 0.6) is 0 Å². The topological polar surface area (TPSA) is 18.5 Å². The van der Waals surface area contributed by atoms with Crippen LogP contribution in [0.2, 0.25) is 0 Å². The lowest BCUT2D eigenvalue weighted by Gasteiger charge is -2.21. The summed E-state index contributed by atoms with van der Waals surface area (Å²) in [5, 5.41) is 2.48. The lowest BCUT2D eigenvalue weighted by molar-refractivity contribution is 0.279. The van der Waals surface area contributed by atoms with E-state index in [-0.39, 0.29) is 0 Å². The molecule has 0 bridgehead atoms. The van der Waals surface area contributed by atoms with E-state index in [1.807, 2.05) is 30.3 Å². The maximum Gasteiger partial charge on any atom is 0.219 e. The molecule has 0 amide bonds. The third-order valence-corrected chi connectivity index (χ3v) is 5.64. The smallest absolute Gasteiger partial charge is 0.219 e. The Balaban J connectivity index is 2.82. The molecule has 0 spiro atoms. The molecular weight excluding hydrogens is 375 g/mol. The average Bonchev–Trinajstić information content (AvgIpc) is 2.35. The summed E-state index contributed by atoms with van der Waals surface area (Å²) in [4.78, 5) is 0. The Morgan fingerprint density at radius 2 is 1.50 bits per heavy atom. The first kappa shape index (κ1) is 14.8. The minimum atomic E-state index is -2.33. The highest BCUT2D eigenvalue weighted by atomic mass is 79.9. The van der Waals surface area contributed by atoms with Gasteiger partial charge in [0.05, 0.1) is 13.2 Å². The van der Waals surface area contributed by atoms with Crippen LogP contribution in [0, 0.1) is 0 Å². The van der Waals surface area contributed by atoms with Crippen molar-refractivity contribution in [2.75, 3.05) is 23.9 Å². The molecule has 0 saturated heterocycles. The summed E-state index contributed by atoms with van der Waals surface area (Å²) >= 11 is 12.2. The fraction of sp³-hybridized carbons (Fsp3) is 0.400. The van der Waals surface area contributed by atoms with Gasteiger partial charge in [-0.25, -0.2) is 0 Å². The molecule has 0 N–H and O–H groups in total. The third kappa shape index (κ3) is 4.55. The van der Waals surface area contributed by atoms with Crippen molar-refractivity contribution in [2.45, 2.75) is 0 Å². The number of rotatable bonds is 7. The third-order valence-electron chi connectivity index (χ3n) is 1.75. The van der Waals surface area contributed by atoms with E-state index in [1.54, 1.807) is 0 Å². The van der Waals surface area contributed by atoms with Crippen LogP contribution in [-0.4, -0.2) is 23.9 Å². The van der Waals surface area contributed by atoms with Crippen LogP contribution in [0.3, 0.4) is 0 Å². The Kier molecular flexibility index (Phi) is 7.37. The van der Waals surface area contributed by atoms with Gasteiger partial charge in [0.1, 0.15) is 0 Å². The van der Waals surface area contributed by atoms with E-state index in [0.717, 1.165) is 16.0 Å². The molecule has 1 aromatic rings. The number of alkyl halides is 2. The first-order valence-electron chi connectivity index (χ1n) is 4.79. The van der Waals surface area contributed by atoms with Gasteiger partial charge < -0.3 is 9.05 Å². The largest absolute Gasteiger partial charge is 0.325 e. The number of hydrogen-bond acceptors (Lipinski definition) is 3. The SMILES string of the molecule is S=P(OCCBr)(OCCBr)c1ccccc1. The maximum atomic E-state index is 5.70. The van der Waals surface area contributed by atoms with Crippen molar-refractivity contribution in [1.29, 1.82) is 0 Å². The Labute approximate surface area is 118 Å². The van der Waals surface area contributed by atoms with Gasteiger partial charge in [0, 0.05) is 16.0 Å². The van der Waals surface area contributed by atoms with Gasteiger partial charge in [-0.2, -0.15) is 0 Å². The minimum absolute atomic E-state index is 0.564. The second-order valence-electron chi connectivity index (χ2n) is 2.88. The van der Waals surface area contributed by atoms with Gasteiger partial charge in [0.15, 0.2) is 0 Å². The average molecular weight is 388 g/mol. The van der Waals surface area contributed by atoms with E-state index in [1.165, 1.54) is 0 Å². The fourth-order valence-electron chi connectivity index (χ4n) is 1.11. The molecule has 0 radical (unpaired) electrons. The van der Waals surface area contributed by atoms with Gasteiger partial charge in [-0.15, -0.1) is 0 Å². The molecule has 0 aliphatic carbocycles. The highest BCUT2D eigenvalue weighted by molar-refractivity contribution is 9.09. The number of benzene rings is 1. The van der Waals surface area contributed by atoms with Gasteiger partial charge in [-0.05, 0) is 23.9 Å². The summed E-state index contributed by atoms with van der Waals surface area (Å²) in [6.45, 7) is -1.20. The molecule has 2 nitrogen and oxygen atoms in total.